The lowest BCUT2D eigenvalue weighted by Gasteiger charge is -2.24. The number of hydrogen-bond acceptors (Lipinski definition) is 2. The first kappa shape index (κ1) is 19.0. The molecule has 0 unspecified atom stereocenters. The average Bonchev–Trinajstić information content (AvgIpc) is 2.68. The van der Waals surface area contributed by atoms with Gasteiger partial charge in [0.1, 0.15) is 5.75 Å². The molecule has 0 spiro atoms. The van der Waals surface area contributed by atoms with Gasteiger partial charge in [-0.3, -0.25) is 4.79 Å². The van der Waals surface area contributed by atoms with Gasteiger partial charge in [0, 0.05) is 5.39 Å². The van der Waals surface area contributed by atoms with Crippen LogP contribution in [0.25, 0.3) is 10.8 Å². The predicted octanol–water partition coefficient (Wildman–Crippen LogP) is 5.51. The van der Waals surface area contributed by atoms with Crippen molar-refractivity contribution in [3.8, 4) is 5.75 Å². The standard InChI is InChI=1S/C24H27NO2/c1-17(2)16-22(20-11-5-4-6-12-20)25-24(26)18(3)27-23-15-9-13-19-10-7-8-14-21(19)23/h4-15,17-18,22H,16H2,1-3H3,(H,25,26)/t18-,22-/m0/s1. The highest BCUT2D eigenvalue weighted by Gasteiger charge is 2.21. The average molecular weight is 361 g/mol. The normalized spacial score (nSPS) is 13.3. The summed E-state index contributed by atoms with van der Waals surface area (Å²) in [6.45, 7) is 6.13. The van der Waals surface area contributed by atoms with Crippen LogP contribution in [-0.4, -0.2) is 12.0 Å². The molecule has 1 N–H and O–H groups in total. The molecule has 0 saturated heterocycles. The van der Waals surface area contributed by atoms with Gasteiger partial charge in [0.2, 0.25) is 0 Å². The number of amides is 1. The molecule has 0 radical (unpaired) electrons. The second kappa shape index (κ2) is 8.72. The molecule has 0 saturated carbocycles. The van der Waals surface area contributed by atoms with E-state index in [0.29, 0.717) is 5.92 Å². The highest BCUT2D eigenvalue weighted by Crippen LogP contribution is 2.26. The Bertz CT molecular complexity index is 884. The van der Waals surface area contributed by atoms with Gasteiger partial charge in [-0.1, -0.05) is 80.6 Å². The third-order valence-corrected chi connectivity index (χ3v) is 4.65. The Balaban J connectivity index is 1.73. The Morgan fingerprint density at radius 1 is 0.889 bits per heavy atom. The van der Waals surface area contributed by atoms with Gasteiger partial charge in [-0.25, -0.2) is 0 Å². The molecule has 140 valence electrons. The van der Waals surface area contributed by atoms with Gasteiger partial charge in [0.25, 0.3) is 5.91 Å². The minimum atomic E-state index is -0.575. The number of carbonyl (C=O) groups is 1. The predicted molar refractivity (Wildman–Crippen MR) is 111 cm³/mol. The van der Waals surface area contributed by atoms with Crippen LogP contribution in [0.15, 0.2) is 72.8 Å². The summed E-state index contributed by atoms with van der Waals surface area (Å²) in [7, 11) is 0. The molecular weight excluding hydrogens is 334 g/mol. The van der Waals surface area contributed by atoms with Gasteiger partial charge < -0.3 is 10.1 Å². The van der Waals surface area contributed by atoms with Crippen LogP contribution in [0.4, 0.5) is 0 Å². The molecule has 1 amide bonds. The van der Waals surface area contributed by atoms with E-state index in [9.17, 15) is 4.79 Å². The monoisotopic (exact) mass is 361 g/mol. The fraction of sp³-hybridized carbons (Fsp3) is 0.292. The lowest BCUT2D eigenvalue weighted by Crippen LogP contribution is -2.39. The number of nitrogens with one attached hydrogen (secondary N) is 1. The minimum absolute atomic E-state index is 0.0164. The zero-order chi connectivity index (χ0) is 19.2. The lowest BCUT2D eigenvalue weighted by atomic mass is 9.97. The number of rotatable bonds is 7. The molecule has 3 rings (SSSR count). The Labute approximate surface area is 161 Å². The number of carbonyl (C=O) groups excluding carboxylic acids is 1. The maximum atomic E-state index is 12.8. The summed E-state index contributed by atoms with van der Waals surface area (Å²) in [5, 5.41) is 5.29. The smallest absolute Gasteiger partial charge is 0.261 e. The van der Waals surface area contributed by atoms with Crippen LogP contribution in [0.1, 0.15) is 38.8 Å². The summed E-state index contributed by atoms with van der Waals surface area (Å²) in [6, 6.07) is 24.0. The molecule has 0 heterocycles. The van der Waals surface area contributed by atoms with E-state index in [2.05, 4.69) is 31.3 Å². The number of benzene rings is 3. The molecule has 27 heavy (non-hydrogen) atoms. The number of fused-ring (bicyclic) bond motifs is 1. The van der Waals surface area contributed by atoms with Gasteiger partial charge in [0.05, 0.1) is 6.04 Å². The van der Waals surface area contributed by atoms with Crippen LogP contribution in [0.5, 0.6) is 5.75 Å². The zero-order valence-electron chi connectivity index (χ0n) is 16.2. The molecule has 0 aromatic heterocycles. The van der Waals surface area contributed by atoms with E-state index < -0.39 is 6.10 Å². The molecule has 0 bridgehead atoms. The van der Waals surface area contributed by atoms with Crippen LogP contribution in [0.3, 0.4) is 0 Å². The molecule has 0 aliphatic rings. The Morgan fingerprint density at radius 2 is 1.56 bits per heavy atom. The van der Waals surface area contributed by atoms with E-state index in [-0.39, 0.29) is 11.9 Å². The fourth-order valence-electron chi connectivity index (χ4n) is 3.27. The van der Waals surface area contributed by atoms with Crippen molar-refractivity contribution in [2.75, 3.05) is 0 Å². The van der Waals surface area contributed by atoms with Crippen molar-refractivity contribution in [1.82, 2.24) is 5.32 Å². The highest BCUT2D eigenvalue weighted by atomic mass is 16.5. The first-order valence-electron chi connectivity index (χ1n) is 9.54. The summed E-state index contributed by atoms with van der Waals surface area (Å²) in [5.74, 6) is 1.11. The third-order valence-electron chi connectivity index (χ3n) is 4.65. The molecule has 2 atom stereocenters. The van der Waals surface area contributed by atoms with Gasteiger partial charge in [-0.05, 0) is 36.3 Å². The zero-order valence-corrected chi connectivity index (χ0v) is 16.2. The molecule has 0 aliphatic heterocycles. The largest absolute Gasteiger partial charge is 0.480 e. The van der Waals surface area contributed by atoms with Crippen LogP contribution in [0.2, 0.25) is 0 Å². The first-order chi connectivity index (χ1) is 13.0. The van der Waals surface area contributed by atoms with E-state index in [0.717, 1.165) is 28.5 Å². The first-order valence-corrected chi connectivity index (χ1v) is 9.54. The van der Waals surface area contributed by atoms with Crippen molar-refractivity contribution in [2.24, 2.45) is 5.92 Å². The number of hydrogen-bond donors (Lipinski definition) is 1. The lowest BCUT2D eigenvalue weighted by molar-refractivity contribution is -0.128. The molecule has 3 nitrogen and oxygen atoms in total. The number of ether oxygens (including phenoxy) is 1. The van der Waals surface area contributed by atoms with E-state index in [4.69, 9.17) is 4.74 Å². The van der Waals surface area contributed by atoms with E-state index in [1.54, 1.807) is 6.92 Å². The van der Waals surface area contributed by atoms with Gasteiger partial charge >= 0.3 is 0 Å². The molecule has 3 aromatic rings. The van der Waals surface area contributed by atoms with Gasteiger partial charge in [0.15, 0.2) is 6.10 Å². The highest BCUT2D eigenvalue weighted by molar-refractivity contribution is 5.89. The van der Waals surface area contributed by atoms with Gasteiger partial charge in [-0.15, -0.1) is 0 Å². The topological polar surface area (TPSA) is 38.3 Å². The molecule has 3 heteroatoms. The summed E-state index contributed by atoms with van der Waals surface area (Å²) in [4.78, 5) is 12.8. The van der Waals surface area contributed by atoms with Gasteiger partial charge in [-0.2, -0.15) is 0 Å². The van der Waals surface area contributed by atoms with Crippen molar-refractivity contribution in [3.05, 3.63) is 78.4 Å². The molecule has 3 aromatic carbocycles. The fourth-order valence-corrected chi connectivity index (χ4v) is 3.27. The Hall–Kier alpha value is -2.81. The van der Waals surface area contributed by atoms with Crippen LogP contribution in [-0.2, 0) is 4.79 Å². The summed E-state index contributed by atoms with van der Waals surface area (Å²) in [6.07, 6.45) is 0.311. The summed E-state index contributed by atoms with van der Waals surface area (Å²) >= 11 is 0. The van der Waals surface area contributed by atoms with E-state index >= 15 is 0 Å². The van der Waals surface area contributed by atoms with Crippen molar-refractivity contribution in [1.29, 1.82) is 0 Å². The van der Waals surface area contributed by atoms with E-state index in [1.165, 1.54) is 0 Å². The second-order valence-corrected chi connectivity index (χ2v) is 7.34. The molecule has 0 aliphatic carbocycles. The second-order valence-electron chi connectivity index (χ2n) is 7.34. The summed E-state index contributed by atoms with van der Waals surface area (Å²) in [5.41, 5.74) is 1.12. The quantitative estimate of drug-likeness (QED) is 0.602. The molecule has 0 fully saturated rings. The maximum Gasteiger partial charge on any atom is 0.261 e. The minimum Gasteiger partial charge on any atom is -0.480 e. The van der Waals surface area contributed by atoms with Crippen molar-refractivity contribution in [2.45, 2.75) is 39.3 Å². The van der Waals surface area contributed by atoms with E-state index in [1.807, 2.05) is 60.7 Å². The van der Waals surface area contributed by atoms with Crippen molar-refractivity contribution < 1.29 is 9.53 Å². The van der Waals surface area contributed by atoms with Crippen LogP contribution < -0.4 is 10.1 Å². The van der Waals surface area contributed by atoms with Crippen LogP contribution >= 0.6 is 0 Å². The molecular formula is C24H27NO2. The Morgan fingerprint density at radius 3 is 2.30 bits per heavy atom. The SMILES string of the molecule is CC(C)C[C@H](NC(=O)[C@H](C)Oc1cccc2ccccc12)c1ccccc1. The maximum absolute atomic E-state index is 12.8. The Kier molecular flexibility index (Phi) is 6.12. The van der Waals surface area contributed by atoms with Crippen molar-refractivity contribution >= 4 is 16.7 Å². The third kappa shape index (κ3) is 4.88. The van der Waals surface area contributed by atoms with Crippen molar-refractivity contribution in [3.63, 3.8) is 0 Å². The van der Waals surface area contributed by atoms with Crippen LogP contribution in [0, 0.1) is 5.92 Å². The summed E-state index contributed by atoms with van der Waals surface area (Å²) < 4.78 is 6.02.